The Kier molecular flexibility index (Phi) is 3.40. The summed E-state index contributed by atoms with van der Waals surface area (Å²) in [5, 5.41) is 2.64. The van der Waals surface area contributed by atoms with Crippen molar-refractivity contribution in [1.82, 2.24) is 10.2 Å². The summed E-state index contributed by atoms with van der Waals surface area (Å²) in [5.41, 5.74) is 0. The van der Waals surface area contributed by atoms with Crippen molar-refractivity contribution in [3.8, 4) is 0 Å². The molecule has 0 aromatic carbocycles. The number of amides is 2. The number of piperazine rings is 1. The number of hydrogen-bond acceptors (Lipinski definition) is 2. The van der Waals surface area contributed by atoms with E-state index < -0.39 is 0 Å². The van der Waals surface area contributed by atoms with E-state index in [4.69, 9.17) is 0 Å². The SMILES string of the molecule is CC1CCC(N2C(=O)CNC(=O)C2C)CC1C. The Balaban J connectivity index is 2.09. The van der Waals surface area contributed by atoms with Crippen molar-refractivity contribution in [2.45, 2.75) is 52.1 Å². The molecular formula is C13H22N2O2. The molecule has 4 atom stereocenters. The lowest BCUT2D eigenvalue weighted by Gasteiger charge is -2.43. The van der Waals surface area contributed by atoms with Crippen molar-refractivity contribution in [2.24, 2.45) is 11.8 Å². The average Bonchev–Trinajstić information content (AvgIpc) is 2.29. The van der Waals surface area contributed by atoms with E-state index in [0.717, 1.165) is 25.2 Å². The first-order valence-corrected chi connectivity index (χ1v) is 6.59. The standard InChI is InChI=1S/C13H22N2O2/c1-8-4-5-11(6-9(8)2)15-10(3)13(17)14-7-12(15)16/h8-11H,4-7H2,1-3H3,(H,14,17). The van der Waals surface area contributed by atoms with Crippen LogP contribution in [0, 0.1) is 11.8 Å². The highest BCUT2D eigenvalue weighted by molar-refractivity contribution is 5.94. The highest BCUT2D eigenvalue weighted by atomic mass is 16.2. The Hall–Kier alpha value is -1.06. The molecule has 2 aliphatic rings. The quantitative estimate of drug-likeness (QED) is 0.745. The lowest BCUT2D eigenvalue weighted by Crippen LogP contribution is -2.61. The molecule has 4 nitrogen and oxygen atoms in total. The number of nitrogens with zero attached hydrogens (tertiary/aromatic N) is 1. The molecule has 1 saturated heterocycles. The minimum absolute atomic E-state index is 0.0177. The molecule has 4 unspecified atom stereocenters. The maximum Gasteiger partial charge on any atom is 0.242 e. The van der Waals surface area contributed by atoms with Crippen LogP contribution in [0.5, 0.6) is 0 Å². The zero-order chi connectivity index (χ0) is 12.6. The summed E-state index contributed by atoms with van der Waals surface area (Å²) < 4.78 is 0. The van der Waals surface area contributed by atoms with Crippen molar-refractivity contribution < 1.29 is 9.59 Å². The Morgan fingerprint density at radius 1 is 1.12 bits per heavy atom. The van der Waals surface area contributed by atoms with E-state index in [2.05, 4.69) is 19.2 Å². The zero-order valence-corrected chi connectivity index (χ0v) is 10.9. The van der Waals surface area contributed by atoms with Crippen molar-refractivity contribution in [3.05, 3.63) is 0 Å². The minimum Gasteiger partial charge on any atom is -0.345 e. The first-order valence-electron chi connectivity index (χ1n) is 6.59. The normalized spacial score (nSPS) is 39.1. The molecule has 1 heterocycles. The molecule has 2 amide bonds. The summed E-state index contributed by atoms with van der Waals surface area (Å²) in [4.78, 5) is 25.4. The number of hydrogen-bond donors (Lipinski definition) is 1. The van der Waals surface area contributed by atoms with Crippen molar-refractivity contribution in [3.63, 3.8) is 0 Å². The van der Waals surface area contributed by atoms with E-state index in [9.17, 15) is 9.59 Å². The Morgan fingerprint density at radius 2 is 1.82 bits per heavy atom. The lowest BCUT2D eigenvalue weighted by atomic mass is 9.78. The van der Waals surface area contributed by atoms with Crippen LogP contribution in [0.2, 0.25) is 0 Å². The number of rotatable bonds is 1. The smallest absolute Gasteiger partial charge is 0.242 e. The van der Waals surface area contributed by atoms with Crippen molar-refractivity contribution in [2.75, 3.05) is 6.54 Å². The fourth-order valence-corrected chi connectivity index (χ4v) is 3.04. The fourth-order valence-electron chi connectivity index (χ4n) is 3.04. The molecule has 17 heavy (non-hydrogen) atoms. The molecule has 0 aromatic rings. The average molecular weight is 238 g/mol. The van der Waals surface area contributed by atoms with Gasteiger partial charge in [-0.25, -0.2) is 0 Å². The van der Waals surface area contributed by atoms with Crippen LogP contribution in [-0.4, -0.2) is 35.3 Å². The van der Waals surface area contributed by atoms with Gasteiger partial charge in [0.1, 0.15) is 6.04 Å². The summed E-state index contributed by atoms with van der Waals surface area (Å²) in [5.74, 6) is 1.42. The summed E-state index contributed by atoms with van der Waals surface area (Å²) in [6.45, 7) is 6.52. The summed E-state index contributed by atoms with van der Waals surface area (Å²) in [6, 6.07) is -0.0448. The maximum absolute atomic E-state index is 11.9. The topological polar surface area (TPSA) is 49.4 Å². The van der Waals surface area contributed by atoms with E-state index in [1.165, 1.54) is 0 Å². The van der Waals surface area contributed by atoms with Gasteiger partial charge in [-0.3, -0.25) is 9.59 Å². The molecule has 1 aliphatic heterocycles. The van der Waals surface area contributed by atoms with Crippen LogP contribution in [0.15, 0.2) is 0 Å². The molecular weight excluding hydrogens is 216 g/mol. The van der Waals surface area contributed by atoms with Crippen molar-refractivity contribution in [1.29, 1.82) is 0 Å². The highest BCUT2D eigenvalue weighted by Crippen LogP contribution is 2.33. The van der Waals surface area contributed by atoms with Gasteiger partial charge < -0.3 is 10.2 Å². The molecule has 0 aromatic heterocycles. The molecule has 96 valence electrons. The van der Waals surface area contributed by atoms with E-state index in [0.29, 0.717) is 5.92 Å². The largest absolute Gasteiger partial charge is 0.345 e. The van der Waals surface area contributed by atoms with Gasteiger partial charge in [-0.15, -0.1) is 0 Å². The molecule has 0 spiro atoms. The highest BCUT2D eigenvalue weighted by Gasteiger charge is 2.38. The van der Waals surface area contributed by atoms with Crippen LogP contribution in [0.1, 0.15) is 40.0 Å². The second-order valence-electron chi connectivity index (χ2n) is 5.62. The fraction of sp³-hybridized carbons (Fsp3) is 0.846. The van der Waals surface area contributed by atoms with E-state index in [-0.39, 0.29) is 30.4 Å². The number of carbonyl (C=O) groups excluding carboxylic acids is 2. The van der Waals surface area contributed by atoms with Gasteiger partial charge in [-0.1, -0.05) is 13.8 Å². The number of nitrogens with one attached hydrogen (secondary N) is 1. The summed E-state index contributed by atoms with van der Waals surface area (Å²) in [6.07, 6.45) is 3.23. The molecule has 4 heteroatoms. The lowest BCUT2D eigenvalue weighted by molar-refractivity contribution is -0.148. The maximum atomic E-state index is 11.9. The van der Waals surface area contributed by atoms with Crippen molar-refractivity contribution >= 4 is 11.8 Å². The van der Waals surface area contributed by atoms with Gasteiger partial charge in [0, 0.05) is 6.04 Å². The van der Waals surface area contributed by atoms with E-state index in [1.807, 2.05) is 11.8 Å². The van der Waals surface area contributed by atoms with Crippen LogP contribution in [0.3, 0.4) is 0 Å². The van der Waals surface area contributed by atoms with E-state index >= 15 is 0 Å². The van der Waals surface area contributed by atoms with Crippen LogP contribution < -0.4 is 5.32 Å². The van der Waals surface area contributed by atoms with Gasteiger partial charge in [0.25, 0.3) is 0 Å². The molecule has 1 N–H and O–H groups in total. The zero-order valence-electron chi connectivity index (χ0n) is 10.9. The monoisotopic (exact) mass is 238 g/mol. The predicted octanol–water partition coefficient (Wildman–Crippen LogP) is 1.16. The van der Waals surface area contributed by atoms with Gasteiger partial charge in [0.05, 0.1) is 6.54 Å². The Morgan fingerprint density at radius 3 is 2.47 bits per heavy atom. The van der Waals surface area contributed by atoms with Gasteiger partial charge in [0.2, 0.25) is 11.8 Å². The van der Waals surface area contributed by atoms with Gasteiger partial charge >= 0.3 is 0 Å². The van der Waals surface area contributed by atoms with Crippen LogP contribution in [0.25, 0.3) is 0 Å². The summed E-state index contributed by atoms with van der Waals surface area (Å²) in [7, 11) is 0. The molecule has 1 aliphatic carbocycles. The first kappa shape index (κ1) is 12.4. The van der Waals surface area contributed by atoms with Crippen LogP contribution in [0.4, 0.5) is 0 Å². The first-order chi connectivity index (χ1) is 8.00. The second kappa shape index (κ2) is 4.67. The Bertz CT molecular complexity index is 329. The van der Waals surface area contributed by atoms with Crippen LogP contribution in [-0.2, 0) is 9.59 Å². The van der Waals surface area contributed by atoms with Crippen LogP contribution >= 0.6 is 0 Å². The molecule has 0 radical (unpaired) electrons. The second-order valence-corrected chi connectivity index (χ2v) is 5.62. The van der Waals surface area contributed by atoms with Gasteiger partial charge in [-0.2, -0.15) is 0 Å². The molecule has 1 saturated carbocycles. The third-order valence-corrected chi connectivity index (χ3v) is 4.46. The Labute approximate surface area is 103 Å². The van der Waals surface area contributed by atoms with Gasteiger partial charge in [-0.05, 0) is 38.0 Å². The van der Waals surface area contributed by atoms with Gasteiger partial charge in [0.15, 0.2) is 0 Å². The molecule has 2 rings (SSSR count). The summed E-state index contributed by atoms with van der Waals surface area (Å²) >= 11 is 0. The minimum atomic E-state index is -0.304. The third-order valence-electron chi connectivity index (χ3n) is 4.46. The predicted molar refractivity (Wildman–Crippen MR) is 65.3 cm³/mol. The molecule has 0 bridgehead atoms. The molecule has 2 fully saturated rings. The third kappa shape index (κ3) is 2.31. The van der Waals surface area contributed by atoms with E-state index in [1.54, 1.807) is 0 Å². The number of carbonyl (C=O) groups is 2.